The van der Waals surface area contributed by atoms with E-state index in [9.17, 15) is 14.4 Å². The maximum Gasteiger partial charge on any atom is 0.253 e. The lowest BCUT2D eigenvalue weighted by molar-refractivity contribution is -0.124. The molecule has 1 atom stereocenters. The molecule has 3 aromatic rings. The van der Waals surface area contributed by atoms with Gasteiger partial charge in [0, 0.05) is 24.8 Å². The molecule has 0 saturated heterocycles. The Morgan fingerprint density at radius 2 is 1.77 bits per heavy atom. The van der Waals surface area contributed by atoms with Crippen LogP contribution in [0.15, 0.2) is 60.2 Å². The number of fused-ring (bicyclic) bond motifs is 3. The van der Waals surface area contributed by atoms with Gasteiger partial charge >= 0.3 is 0 Å². The maximum absolute atomic E-state index is 13.5. The summed E-state index contributed by atoms with van der Waals surface area (Å²) in [4.78, 5) is 44.2. The van der Waals surface area contributed by atoms with E-state index in [1.165, 1.54) is 25.3 Å². The maximum atomic E-state index is 13.5. The molecular formula is C27H29N5O3. The van der Waals surface area contributed by atoms with Gasteiger partial charge in [-0.1, -0.05) is 23.8 Å². The standard InChI is InChI=1S/C27H29N5O3/c1-18(33)28-20-11-13-21(14-12-20)29-25(34)17-24-26(35)31(16-15-19-7-3-2-4-8-19)27-30-22-9-5-6-10-23(22)32(24)27/h5-7,9-14,24H,2-4,8,15-17H2,1H3,(H,28,33)(H,29,34)/t24-/m0/s1. The van der Waals surface area contributed by atoms with Gasteiger partial charge < -0.3 is 10.6 Å². The SMILES string of the molecule is CC(=O)Nc1ccc(NC(=O)C[C@H]2C(=O)N(CCC3=CCCCC3)c3nc4ccccc4n32)cc1. The summed E-state index contributed by atoms with van der Waals surface area (Å²) >= 11 is 0. The van der Waals surface area contributed by atoms with Gasteiger partial charge in [0.25, 0.3) is 5.91 Å². The molecule has 2 aliphatic rings. The summed E-state index contributed by atoms with van der Waals surface area (Å²) in [6.07, 6.45) is 7.77. The number of amides is 3. The number of rotatable bonds is 7. The van der Waals surface area contributed by atoms with Crippen LogP contribution < -0.4 is 15.5 Å². The van der Waals surface area contributed by atoms with Gasteiger partial charge in [0.2, 0.25) is 17.8 Å². The number of hydrogen-bond donors (Lipinski definition) is 2. The number of imidazole rings is 1. The van der Waals surface area contributed by atoms with Crippen molar-refractivity contribution in [2.75, 3.05) is 22.1 Å². The second-order valence-electron chi connectivity index (χ2n) is 9.15. The summed E-state index contributed by atoms with van der Waals surface area (Å²) in [6.45, 7) is 2.01. The molecule has 0 spiro atoms. The highest BCUT2D eigenvalue weighted by atomic mass is 16.2. The van der Waals surface area contributed by atoms with Crippen molar-refractivity contribution in [1.29, 1.82) is 0 Å². The van der Waals surface area contributed by atoms with Gasteiger partial charge in [-0.2, -0.15) is 0 Å². The Bertz CT molecular complexity index is 1310. The summed E-state index contributed by atoms with van der Waals surface area (Å²) < 4.78 is 1.91. The van der Waals surface area contributed by atoms with E-state index in [4.69, 9.17) is 4.98 Å². The fourth-order valence-corrected chi connectivity index (χ4v) is 4.92. The molecule has 0 saturated carbocycles. The van der Waals surface area contributed by atoms with Gasteiger partial charge in [0.15, 0.2) is 0 Å². The number of benzene rings is 2. The normalized spacial score (nSPS) is 17.3. The minimum absolute atomic E-state index is 0.0127. The third-order valence-corrected chi connectivity index (χ3v) is 6.59. The van der Waals surface area contributed by atoms with Gasteiger partial charge in [-0.3, -0.25) is 23.9 Å². The average molecular weight is 472 g/mol. The van der Waals surface area contributed by atoms with E-state index in [2.05, 4.69) is 16.7 Å². The van der Waals surface area contributed by atoms with Crippen LogP contribution in [0.25, 0.3) is 11.0 Å². The fraction of sp³-hybridized carbons (Fsp3) is 0.333. The molecule has 5 rings (SSSR count). The van der Waals surface area contributed by atoms with Gasteiger partial charge in [0.05, 0.1) is 17.5 Å². The number of aromatic nitrogens is 2. The molecule has 1 aliphatic carbocycles. The lowest BCUT2D eigenvalue weighted by atomic mass is 9.97. The molecule has 1 aliphatic heterocycles. The highest BCUT2D eigenvalue weighted by Crippen LogP contribution is 2.37. The lowest BCUT2D eigenvalue weighted by Crippen LogP contribution is -2.32. The first-order chi connectivity index (χ1) is 17.0. The van der Waals surface area contributed by atoms with E-state index < -0.39 is 6.04 Å². The molecular weight excluding hydrogens is 442 g/mol. The molecule has 3 amide bonds. The van der Waals surface area contributed by atoms with Crippen LogP contribution in [0.5, 0.6) is 0 Å². The molecule has 180 valence electrons. The number of carbonyl (C=O) groups excluding carboxylic acids is 3. The molecule has 0 fully saturated rings. The molecule has 2 aromatic carbocycles. The van der Waals surface area contributed by atoms with Crippen molar-refractivity contribution in [3.8, 4) is 0 Å². The molecule has 8 heteroatoms. The molecule has 2 heterocycles. The Morgan fingerprint density at radius 1 is 1.03 bits per heavy atom. The second kappa shape index (κ2) is 9.74. The second-order valence-corrected chi connectivity index (χ2v) is 9.15. The summed E-state index contributed by atoms with van der Waals surface area (Å²) in [7, 11) is 0. The Kier molecular flexibility index (Phi) is 6.35. The van der Waals surface area contributed by atoms with Crippen LogP contribution in [0.4, 0.5) is 17.3 Å². The number of carbonyl (C=O) groups is 3. The number of hydrogen-bond acceptors (Lipinski definition) is 4. The topological polar surface area (TPSA) is 96.3 Å². The van der Waals surface area contributed by atoms with Crippen molar-refractivity contribution in [3.63, 3.8) is 0 Å². The highest BCUT2D eigenvalue weighted by molar-refractivity contribution is 6.05. The first kappa shape index (κ1) is 22.8. The van der Waals surface area contributed by atoms with Crippen LogP contribution in [0.2, 0.25) is 0 Å². The van der Waals surface area contributed by atoms with Gasteiger partial charge in [-0.25, -0.2) is 4.98 Å². The lowest BCUT2D eigenvalue weighted by Gasteiger charge is -2.18. The number of allylic oxidation sites excluding steroid dienone is 1. The van der Waals surface area contributed by atoms with Crippen LogP contribution in [-0.4, -0.2) is 33.8 Å². The van der Waals surface area contributed by atoms with Crippen molar-refractivity contribution >= 4 is 46.1 Å². The van der Waals surface area contributed by atoms with Crippen molar-refractivity contribution in [1.82, 2.24) is 9.55 Å². The quantitative estimate of drug-likeness (QED) is 0.484. The third-order valence-electron chi connectivity index (χ3n) is 6.59. The van der Waals surface area contributed by atoms with Crippen LogP contribution in [0.1, 0.15) is 51.5 Å². The Balaban J connectivity index is 1.34. The third kappa shape index (κ3) is 4.82. The first-order valence-corrected chi connectivity index (χ1v) is 12.1. The van der Waals surface area contributed by atoms with E-state index >= 15 is 0 Å². The van der Waals surface area contributed by atoms with Crippen molar-refractivity contribution in [2.24, 2.45) is 0 Å². The molecule has 2 N–H and O–H groups in total. The van der Waals surface area contributed by atoms with Crippen LogP contribution in [-0.2, 0) is 14.4 Å². The highest BCUT2D eigenvalue weighted by Gasteiger charge is 2.40. The Hall–Kier alpha value is -3.94. The molecule has 8 nitrogen and oxygen atoms in total. The first-order valence-electron chi connectivity index (χ1n) is 12.1. The Morgan fingerprint density at radius 3 is 2.49 bits per heavy atom. The predicted molar refractivity (Wildman–Crippen MR) is 136 cm³/mol. The van der Waals surface area contributed by atoms with E-state index in [-0.39, 0.29) is 24.1 Å². The van der Waals surface area contributed by atoms with Crippen LogP contribution >= 0.6 is 0 Å². The number of anilines is 3. The molecule has 0 radical (unpaired) electrons. The summed E-state index contributed by atoms with van der Waals surface area (Å²) in [5.41, 5.74) is 4.32. The van der Waals surface area contributed by atoms with Crippen molar-refractivity contribution < 1.29 is 14.4 Å². The zero-order chi connectivity index (χ0) is 24.4. The number of nitrogens with zero attached hydrogens (tertiary/aromatic N) is 3. The fourth-order valence-electron chi connectivity index (χ4n) is 4.92. The van der Waals surface area contributed by atoms with E-state index in [1.807, 2.05) is 28.8 Å². The zero-order valence-electron chi connectivity index (χ0n) is 19.8. The molecule has 35 heavy (non-hydrogen) atoms. The molecule has 0 unspecified atom stereocenters. The predicted octanol–water partition coefficient (Wildman–Crippen LogP) is 4.80. The van der Waals surface area contributed by atoms with Crippen LogP contribution in [0.3, 0.4) is 0 Å². The number of nitrogens with one attached hydrogen (secondary N) is 2. The zero-order valence-corrected chi connectivity index (χ0v) is 19.8. The van der Waals surface area contributed by atoms with Gasteiger partial charge in [-0.05, 0) is 68.5 Å². The molecule has 1 aromatic heterocycles. The van der Waals surface area contributed by atoms with Gasteiger partial charge in [0.1, 0.15) is 6.04 Å². The van der Waals surface area contributed by atoms with Crippen molar-refractivity contribution in [2.45, 2.75) is 51.5 Å². The molecule has 0 bridgehead atoms. The number of para-hydroxylation sites is 2. The minimum atomic E-state index is -0.642. The van der Waals surface area contributed by atoms with Gasteiger partial charge in [-0.15, -0.1) is 0 Å². The van der Waals surface area contributed by atoms with E-state index in [0.29, 0.717) is 23.9 Å². The minimum Gasteiger partial charge on any atom is -0.326 e. The largest absolute Gasteiger partial charge is 0.326 e. The van der Waals surface area contributed by atoms with Crippen molar-refractivity contribution in [3.05, 3.63) is 60.2 Å². The monoisotopic (exact) mass is 471 g/mol. The van der Waals surface area contributed by atoms with Crippen LogP contribution in [0, 0.1) is 0 Å². The van der Waals surface area contributed by atoms with E-state index in [1.54, 1.807) is 29.2 Å². The Labute approximate surface area is 204 Å². The van der Waals surface area contributed by atoms with E-state index in [0.717, 1.165) is 30.3 Å². The summed E-state index contributed by atoms with van der Waals surface area (Å²) in [5.74, 6) is 0.112. The average Bonchev–Trinajstić information content (AvgIpc) is 3.34. The summed E-state index contributed by atoms with van der Waals surface area (Å²) in [5, 5.41) is 5.57. The summed E-state index contributed by atoms with van der Waals surface area (Å²) in [6, 6.07) is 14.0. The smallest absolute Gasteiger partial charge is 0.253 e.